The van der Waals surface area contributed by atoms with Crippen molar-refractivity contribution in [1.29, 1.82) is 0 Å². The summed E-state index contributed by atoms with van der Waals surface area (Å²) in [5, 5.41) is 9.40. The smallest absolute Gasteiger partial charge is 0.661 e. The molecule has 1 unspecified atom stereocenters. The van der Waals surface area contributed by atoms with Crippen LogP contribution in [0.1, 0.15) is 81.8 Å². The predicted octanol–water partition coefficient (Wildman–Crippen LogP) is 17.6. The molecule has 9 aromatic rings. The fourth-order valence-corrected chi connectivity index (χ4v) is 12.0. The molecule has 1 aliphatic rings. The second-order valence-corrected chi connectivity index (χ2v) is 25.9. The molecule has 0 N–H and O–H groups in total. The quantitative estimate of drug-likeness (QED) is 0.101. The van der Waals surface area contributed by atoms with Crippen molar-refractivity contribution in [3.05, 3.63) is 204 Å². The number of pyridine rings is 1. The molecule has 0 fully saturated rings. The van der Waals surface area contributed by atoms with Crippen molar-refractivity contribution in [2.24, 2.45) is 5.92 Å². The molecule has 0 radical (unpaired) electrons. The summed E-state index contributed by atoms with van der Waals surface area (Å²) in [6.45, 7) is 21.0. The molecule has 6 heteroatoms. The zero-order valence-corrected chi connectivity index (χ0v) is 44.4. The van der Waals surface area contributed by atoms with E-state index in [1.54, 1.807) is 0 Å². The van der Waals surface area contributed by atoms with Crippen molar-refractivity contribution < 1.29 is 20.1 Å². The third-order valence-corrected chi connectivity index (χ3v) is 15.8. The molecule has 2 aromatic heterocycles. The molecule has 67 heavy (non-hydrogen) atoms. The Morgan fingerprint density at radius 3 is 1.93 bits per heavy atom. The normalized spacial score (nSPS) is 13.4. The largest absolute Gasteiger partial charge is 3.00 e. The third kappa shape index (κ3) is 10.1. The van der Waals surface area contributed by atoms with Gasteiger partial charge in [-0.25, -0.2) is 11.3 Å². The standard InChI is InChI=1S/C37H32N2S.C24H28NSi.Ir/c1-23(2)29-21-27(25-12-6-5-7-13-25)22-30(24(3)4)36(29)39-33-16-10-9-15-32(33)38-37(39)26-18-19-35-31(20-26)28-14-8-11-17-34(28)40-35;1-18(2)14-22-16-23(25-17-24(22)26(3,4)5)21-13-9-12-20(15-21)19-10-7-6-8-11-19;/h5-17,19-24,37H,1-4H3;6-12,15-18H,14H2,1-5H3;/q-2;-1;+3. The molecule has 0 saturated heterocycles. The first-order valence-corrected chi connectivity index (χ1v) is 27.9. The fraction of sp³-hybridized carbons (Fsp3) is 0.230. The number of thiophene rings is 1. The Morgan fingerprint density at radius 2 is 1.27 bits per heavy atom. The van der Waals surface area contributed by atoms with Crippen LogP contribution in [0.15, 0.2) is 164 Å². The Labute approximate surface area is 417 Å². The first kappa shape index (κ1) is 47.9. The van der Waals surface area contributed by atoms with Crippen LogP contribution in [-0.4, -0.2) is 13.1 Å². The first-order chi connectivity index (χ1) is 31.8. The van der Waals surface area contributed by atoms with Gasteiger partial charge in [0.05, 0.1) is 8.07 Å². The van der Waals surface area contributed by atoms with E-state index in [0.717, 1.165) is 34.6 Å². The summed E-state index contributed by atoms with van der Waals surface area (Å²) >= 11 is 1.83. The van der Waals surface area contributed by atoms with Crippen LogP contribution in [0, 0.1) is 18.1 Å². The van der Waals surface area contributed by atoms with Gasteiger partial charge in [0.1, 0.15) is 0 Å². The van der Waals surface area contributed by atoms with Crippen molar-refractivity contribution in [1.82, 2.24) is 4.98 Å². The molecule has 338 valence electrons. The van der Waals surface area contributed by atoms with Gasteiger partial charge in [0.15, 0.2) is 0 Å². The van der Waals surface area contributed by atoms with Crippen molar-refractivity contribution in [2.45, 2.75) is 85.6 Å². The van der Waals surface area contributed by atoms with E-state index in [2.05, 4.69) is 230 Å². The van der Waals surface area contributed by atoms with E-state index in [4.69, 9.17) is 10.3 Å². The average molecular weight is 1090 g/mol. The molecule has 1 aliphatic heterocycles. The van der Waals surface area contributed by atoms with Crippen molar-refractivity contribution in [3.63, 3.8) is 0 Å². The molecule has 0 saturated carbocycles. The number of anilines is 2. The van der Waals surface area contributed by atoms with Crippen molar-refractivity contribution >= 4 is 61.8 Å². The van der Waals surface area contributed by atoms with Crippen LogP contribution >= 0.6 is 11.3 Å². The van der Waals surface area contributed by atoms with E-state index in [-0.39, 0.29) is 26.3 Å². The van der Waals surface area contributed by atoms with Crippen LogP contribution in [-0.2, 0) is 26.5 Å². The number of para-hydroxylation sites is 2. The van der Waals surface area contributed by atoms with E-state index in [1.807, 2.05) is 23.5 Å². The molecule has 0 aliphatic carbocycles. The Hall–Kier alpha value is -5.62. The molecule has 7 aromatic carbocycles. The topological polar surface area (TPSA) is 30.2 Å². The average Bonchev–Trinajstić information content (AvgIpc) is 3.90. The number of benzene rings is 7. The fourth-order valence-electron chi connectivity index (χ4n) is 9.37. The van der Waals surface area contributed by atoms with Gasteiger partial charge >= 0.3 is 20.1 Å². The number of nitrogens with zero attached hydrogens (tertiary/aromatic N) is 3. The molecular weight excluding hydrogens is 1030 g/mol. The molecule has 0 spiro atoms. The number of rotatable bonds is 10. The van der Waals surface area contributed by atoms with Gasteiger partial charge in [-0.1, -0.05) is 175 Å². The van der Waals surface area contributed by atoms with Crippen LogP contribution in [0.25, 0.3) is 59.0 Å². The number of hydrogen-bond acceptors (Lipinski definition) is 3. The van der Waals surface area contributed by atoms with Crippen LogP contribution in [0.4, 0.5) is 17.1 Å². The van der Waals surface area contributed by atoms with Crippen LogP contribution in [0.3, 0.4) is 0 Å². The van der Waals surface area contributed by atoms with Gasteiger partial charge in [-0.05, 0) is 98.7 Å². The van der Waals surface area contributed by atoms with Gasteiger partial charge in [-0.3, -0.25) is 0 Å². The van der Waals surface area contributed by atoms with Gasteiger partial charge in [0.2, 0.25) is 0 Å². The molecular formula is C61H60IrN3SSi. The van der Waals surface area contributed by atoms with Gasteiger partial charge < -0.3 is 15.2 Å². The first-order valence-electron chi connectivity index (χ1n) is 23.6. The van der Waals surface area contributed by atoms with E-state index in [9.17, 15) is 0 Å². The van der Waals surface area contributed by atoms with E-state index < -0.39 is 8.07 Å². The zero-order chi connectivity index (χ0) is 46.1. The minimum Gasteiger partial charge on any atom is -0.661 e. The third-order valence-electron chi connectivity index (χ3n) is 12.6. The molecule has 0 bridgehead atoms. The summed E-state index contributed by atoms with van der Waals surface area (Å²) < 4.78 is 2.58. The maximum atomic E-state index is 5.33. The summed E-state index contributed by atoms with van der Waals surface area (Å²) in [6, 6.07) is 63.5. The van der Waals surface area contributed by atoms with Gasteiger partial charge in [-0.15, -0.1) is 46.5 Å². The Kier molecular flexibility index (Phi) is 14.5. The van der Waals surface area contributed by atoms with Crippen molar-refractivity contribution in [2.75, 3.05) is 4.90 Å². The molecule has 3 heterocycles. The Balaban J connectivity index is 0.000000196. The van der Waals surface area contributed by atoms with E-state index >= 15 is 0 Å². The number of aromatic nitrogens is 1. The molecule has 0 amide bonds. The summed E-state index contributed by atoms with van der Waals surface area (Å²) in [7, 11) is -1.40. The maximum Gasteiger partial charge on any atom is 3.00 e. The van der Waals surface area contributed by atoms with Gasteiger partial charge in [0.25, 0.3) is 0 Å². The monoisotopic (exact) mass is 1090 g/mol. The van der Waals surface area contributed by atoms with E-state index in [1.165, 1.54) is 70.0 Å². The summed E-state index contributed by atoms with van der Waals surface area (Å²) in [6.07, 6.45) is 3.05. The minimum atomic E-state index is -1.40. The summed E-state index contributed by atoms with van der Waals surface area (Å²) in [5.41, 5.74) is 15.8. The second kappa shape index (κ2) is 20.3. The Morgan fingerprint density at radius 1 is 0.642 bits per heavy atom. The molecule has 1 atom stereocenters. The number of fused-ring (bicyclic) bond motifs is 4. The molecule has 10 rings (SSSR count). The second-order valence-electron chi connectivity index (χ2n) is 19.7. The van der Waals surface area contributed by atoms with Crippen LogP contribution in [0.2, 0.25) is 19.6 Å². The zero-order valence-electron chi connectivity index (χ0n) is 40.2. The Bertz CT molecular complexity index is 3100. The predicted molar refractivity (Wildman–Crippen MR) is 288 cm³/mol. The van der Waals surface area contributed by atoms with Gasteiger partial charge in [-0.2, -0.15) is 23.8 Å². The summed E-state index contributed by atoms with van der Waals surface area (Å²) in [4.78, 5) is 7.31. The van der Waals surface area contributed by atoms with Crippen LogP contribution < -0.4 is 10.1 Å². The van der Waals surface area contributed by atoms with Crippen molar-refractivity contribution in [3.8, 4) is 33.5 Å². The number of hydrogen-bond donors (Lipinski definition) is 0. The minimum absolute atomic E-state index is 0. The summed E-state index contributed by atoms with van der Waals surface area (Å²) in [5.74, 6) is 1.33. The van der Waals surface area contributed by atoms with Gasteiger partial charge in [0, 0.05) is 22.3 Å². The SMILES string of the molecule is CC(C)Cc1cc(-c2[c-]ccc(-c3ccccc3)c2)ncc1[Si](C)(C)C.CC(C)c1cc(-c2ccccc2)cc(C(C)C)c1N1c2ccccc2[N-]C1c1[c-]cc2sc3ccccc3c2c1.[Ir+3]. The maximum absolute atomic E-state index is 5.33. The van der Waals surface area contributed by atoms with E-state index in [0.29, 0.717) is 17.8 Å². The van der Waals surface area contributed by atoms with Crippen LogP contribution in [0.5, 0.6) is 0 Å². The molecule has 3 nitrogen and oxygen atoms in total.